The molecule has 0 aromatic heterocycles. The van der Waals surface area contributed by atoms with E-state index in [2.05, 4.69) is 20.8 Å². The van der Waals surface area contributed by atoms with Gasteiger partial charge in [0.25, 0.3) is 0 Å². The minimum atomic E-state index is -0.660. The summed E-state index contributed by atoms with van der Waals surface area (Å²) in [6, 6.07) is 0. The maximum Gasteiger partial charge on any atom is 0.303 e. The largest absolute Gasteiger partial charge is 0.481 e. The van der Waals surface area contributed by atoms with Crippen molar-refractivity contribution in [2.24, 2.45) is 10.8 Å². The number of unbranched alkanes of at least 4 members (excludes halogenated alkanes) is 2. The number of hydrogen-bond acceptors (Lipinski definition) is 2. The molecule has 0 aromatic rings. The van der Waals surface area contributed by atoms with Crippen molar-refractivity contribution in [1.82, 2.24) is 0 Å². The summed E-state index contributed by atoms with van der Waals surface area (Å²) in [5.41, 5.74) is 0.552. The number of rotatable bonds is 13. The number of hydrogen-bond donors (Lipinski definition) is 2. The van der Waals surface area contributed by atoms with E-state index in [0.717, 1.165) is 51.4 Å². The minimum absolute atomic E-state index is 0.114. The average molecular weight is 312 g/mol. The van der Waals surface area contributed by atoms with E-state index in [0.29, 0.717) is 11.8 Å². The molecule has 22 heavy (non-hydrogen) atoms. The number of aliphatic hydroxyl groups excluding tert-OH is 1. The third kappa shape index (κ3) is 8.17. The van der Waals surface area contributed by atoms with Crippen LogP contribution in [-0.4, -0.2) is 22.3 Å². The van der Waals surface area contributed by atoms with E-state index in [1.54, 1.807) is 0 Å². The van der Waals surface area contributed by atoms with Gasteiger partial charge in [-0.2, -0.15) is 0 Å². The fourth-order valence-corrected chi connectivity index (χ4v) is 3.20. The lowest BCUT2D eigenvalue weighted by molar-refractivity contribution is -0.138. The van der Waals surface area contributed by atoms with Gasteiger partial charge in [-0.15, -0.1) is 0 Å². The molecule has 1 rings (SSSR count). The number of aliphatic hydroxyl groups is 1. The first-order valence-electron chi connectivity index (χ1n) is 9.18. The van der Waals surface area contributed by atoms with Gasteiger partial charge in [0.15, 0.2) is 0 Å². The van der Waals surface area contributed by atoms with Gasteiger partial charge in [0, 0.05) is 0 Å². The second-order valence-electron chi connectivity index (χ2n) is 8.23. The van der Waals surface area contributed by atoms with E-state index >= 15 is 0 Å². The molecule has 130 valence electrons. The van der Waals surface area contributed by atoms with E-state index in [1.165, 1.54) is 19.3 Å². The van der Waals surface area contributed by atoms with E-state index < -0.39 is 5.97 Å². The summed E-state index contributed by atoms with van der Waals surface area (Å²) in [7, 11) is 0. The molecule has 0 heterocycles. The molecular formula is C19H36O3. The van der Waals surface area contributed by atoms with Gasteiger partial charge >= 0.3 is 5.97 Å². The Labute approximate surface area is 136 Å². The minimum Gasteiger partial charge on any atom is -0.481 e. The van der Waals surface area contributed by atoms with Crippen LogP contribution in [0.2, 0.25) is 0 Å². The predicted molar refractivity (Wildman–Crippen MR) is 90.9 cm³/mol. The first-order chi connectivity index (χ1) is 10.3. The van der Waals surface area contributed by atoms with Crippen molar-refractivity contribution < 1.29 is 15.0 Å². The Morgan fingerprint density at radius 3 is 2.23 bits per heavy atom. The highest BCUT2D eigenvalue weighted by molar-refractivity contribution is 5.68. The van der Waals surface area contributed by atoms with Crippen LogP contribution < -0.4 is 0 Å². The fourth-order valence-electron chi connectivity index (χ4n) is 3.20. The van der Waals surface area contributed by atoms with E-state index in [4.69, 9.17) is 5.11 Å². The molecule has 0 amide bonds. The molecule has 1 fully saturated rings. The molecule has 0 aromatic carbocycles. The van der Waals surface area contributed by atoms with E-state index in [1.807, 2.05) is 0 Å². The second-order valence-corrected chi connectivity index (χ2v) is 8.23. The van der Waals surface area contributed by atoms with Crippen molar-refractivity contribution in [3.8, 4) is 0 Å². The summed E-state index contributed by atoms with van der Waals surface area (Å²) in [5.74, 6) is -0.660. The number of carbonyl (C=O) groups is 1. The van der Waals surface area contributed by atoms with Crippen LogP contribution in [0.4, 0.5) is 0 Å². The van der Waals surface area contributed by atoms with Crippen LogP contribution in [0.5, 0.6) is 0 Å². The summed E-state index contributed by atoms with van der Waals surface area (Å²) in [6.07, 6.45) is 12.0. The normalized spacial score (nSPS) is 18.2. The molecule has 1 aliphatic rings. The average Bonchev–Trinajstić information content (AvgIpc) is 3.19. The molecule has 0 saturated heterocycles. The highest BCUT2D eigenvalue weighted by atomic mass is 16.4. The van der Waals surface area contributed by atoms with Crippen LogP contribution in [0.15, 0.2) is 0 Å². The fraction of sp³-hybridized carbons (Fsp3) is 0.947. The van der Waals surface area contributed by atoms with Gasteiger partial charge in [0.05, 0.1) is 12.5 Å². The molecule has 0 radical (unpaired) electrons. The molecule has 3 heteroatoms. The van der Waals surface area contributed by atoms with Crippen LogP contribution in [0.1, 0.15) is 97.8 Å². The predicted octanol–water partition coefficient (Wildman–Crippen LogP) is 5.16. The molecule has 1 unspecified atom stereocenters. The monoisotopic (exact) mass is 312 g/mol. The smallest absolute Gasteiger partial charge is 0.303 e. The van der Waals surface area contributed by atoms with E-state index in [-0.39, 0.29) is 11.5 Å². The molecule has 0 aliphatic heterocycles. The summed E-state index contributed by atoms with van der Waals surface area (Å²) < 4.78 is 0. The van der Waals surface area contributed by atoms with Crippen molar-refractivity contribution in [3.63, 3.8) is 0 Å². The zero-order valence-electron chi connectivity index (χ0n) is 14.9. The first-order valence-corrected chi connectivity index (χ1v) is 9.18. The van der Waals surface area contributed by atoms with Gasteiger partial charge in [0.1, 0.15) is 0 Å². The molecule has 0 spiro atoms. The maximum atomic E-state index is 10.8. The summed E-state index contributed by atoms with van der Waals surface area (Å²) >= 11 is 0. The Balaban J connectivity index is 2.00. The van der Waals surface area contributed by atoms with Crippen molar-refractivity contribution in [1.29, 1.82) is 0 Å². The SMILES string of the molecule is CCC(C)(C)CCCCC(O)CCCCC1(CC(=O)O)CC1. The summed E-state index contributed by atoms with van der Waals surface area (Å²) in [6.45, 7) is 6.87. The Hall–Kier alpha value is -0.570. The van der Waals surface area contributed by atoms with Crippen molar-refractivity contribution in [3.05, 3.63) is 0 Å². The lowest BCUT2D eigenvalue weighted by Gasteiger charge is -2.22. The highest BCUT2D eigenvalue weighted by Crippen LogP contribution is 2.52. The molecular weight excluding hydrogens is 276 g/mol. The van der Waals surface area contributed by atoms with Gasteiger partial charge in [-0.25, -0.2) is 0 Å². The molecule has 1 atom stereocenters. The molecule has 3 nitrogen and oxygen atoms in total. The lowest BCUT2D eigenvalue weighted by Crippen LogP contribution is -2.11. The first kappa shape index (κ1) is 19.5. The third-order valence-electron chi connectivity index (χ3n) is 5.58. The molecule has 1 saturated carbocycles. The molecule has 1 aliphatic carbocycles. The Bertz CT molecular complexity index is 332. The maximum absolute atomic E-state index is 10.8. The zero-order chi connectivity index (χ0) is 16.6. The van der Waals surface area contributed by atoms with Crippen LogP contribution in [0, 0.1) is 10.8 Å². The number of carboxylic acids is 1. The highest BCUT2D eigenvalue weighted by Gasteiger charge is 2.43. The number of carboxylic acid groups (broad SMARTS) is 1. The van der Waals surface area contributed by atoms with Gasteiger partial charge < -0.3 is 10.2 Å². The van der Waals surface area contributed by atoms with E-state index in [9.17, 15) is 9.90 Å². The number of aliphatic carboxylic acids is 1. The van der Waals surface area contributed by atoms with Crippen LogP contribution in [0.25, 0.3) is 0 Å². The Morgan fingerprint density at radius 2 is 1.73 bits per heavy atom. The topological polar surface area (TPSA) is 57.5 Å². The van der Waals surface area contributed by atoms with Crippen molar-refractivity contribution >= 4 is 5.97 Å². The summed E-state index contributed by atoms with van der Waals surface area (Å²) in [5, 5.41) is 18.9. The van der Waals surface area contributed by atoms with Crippen LogP contribution in [0.3, 0.4) is 0 Å². The standard InChI is InChI=1S/C19H36O3/c1-4-18(2,3)11-7-5-9-16(20)10-6-8-12-19(13-14-19)15-17(21)22/h16,20H,4-15H2,1-3H3,(H,21,22). The Morgan fingerprint density at radius 1 is 1.14 bits per heavy atom. The zero-order valence-corrected chi connectivity index (χ0v) is 14.9. The lowest BCUT2D eigenvalue weighted by atomic mass is 9.84. The van der Waals surface area contributed by atoms with Crippen molar-refractivity contribution in [2.45, 2.75) is 104 Å². The van der Waals surface area contributed by atoms with Gasteiger partial charge in [-0.1, -0.05) is 52.9 Å². The van der Waals surface area contributed by atoms with Crippen LogP contribution >= 0.6 is 0 Å². The second kappa shape index (κ2) is 8.90. The van der Waals surface area contributed by atoms with Gasteiger partial charge in [-0.3, -0.25) is 4.79 Å². The van der Waals surface area contributed by atoms with Crippen LogP contribution in [-0.2, 0) is 4.79 Å². The summed E-state index contributed by atoms with van der Waals surface area (Å²) in [4.78, 5) is 10.8. The van der Waals surface area contributed by atoms with Crippen molar-refractivity contribution in [2.75, 3.05) is 0 Å². The Kier molecular flexibility index (Phi) is 7.88. The molecule has 2 N–H and O–H groups in total. The molecule has 0 bridgehead atoms. The van der Waals surface area contributed by atoms with Gasteiger partial charge in [-0.05, 0) is 49.4 Å². The third-order valence-corrected chi connectivity index (χ3v) is 5.58. The quantitative estimate of drug-likeness (QED) is 0.462. The van der Waals surface area contributed by atoms with Gasteiger partial charge in [0.2, 0.25) is 0 Å².